The van der Waals surface area contributed by atoms with Crippen LogP contribution in [0.25, 0.3) is 0 Å². The Balaban J connectivity index is 0.00000208. The Morgan fingerprint density at radius 1 is 1.21 bits per heavy atom. The molecule has 0 unspecified atom stereocenters. The molecule has 8 heteroatoms. The topological polar surface area (TPSA) is 82.3 Å². The van der Waals surface area contributed by atoms with Gasteiger partial charge in [-0.15, -0.1) is 12.4 Å². The Hall–Kier alpha value is -0.660. The molecular formula is C16H29ClN4O2S. The van der Waals surface area contributed by atoms with Gasteiger partial charge in [0.25, 0.3) is 0 Å². The monoisotopic (exact) mass is 376 g/mol. The van der Waals surface area contributed by atoms with Gasteiger partial charge in [0, 0.05) is 24.0 Å². The second-order valence-electron chi connectivity index (χ2n) is 6.87. The summed E-state index contributed by atoms with van der Waals surface area (Å²) in [7, 11) is 0. The van der Waals surface area contributed by atoms with Crippen LogP contribution in [0.15, 0.2) is 0 Å². The lowest BCUT2D eigenvalue weighted by Gasteiger charge is -2.22. The normalized spacial score (nSPS) is 29.3. The molecule has 0 bridgehead atoms. The predicted octanol–water partition coefficient (Wildman–Crippen LogP) is 1.25. The zero-order chi connectivity index (χ0) is 16.1. The number of piperidine rings is 1. The fourth-order valence-electron chi connectivity index (χ4n) is 3.71. The van der Waals surface area contributed by atoms with E-state index in [-0.39, 0.29) is 30.4 Å². The molecular weight excluding hydrogens is 348 g/mol. The van der Waals surface area contributed by atoms with Crippen LogP contribution in [0.4, 0.5) is 4.79 Å². The number of amides is 3. The molecule has 138 valence electrons. The van der Waals surface area contributed by atoms with Crippen molar-refractivity contribution in [2.75, 3.05) is 25.4 Å². The first-order valence-corrected chi connectivity index (χ1v) is 9.93. The third kappa shape index (κ3) is 5.43. The molecule has 0 saturated carbocycles. The van der Waals surface area contributed by atoms with E-state index >= 15 is 0 Å². The molecule has 3 rings (SSSR count). The van der Waals surface area contributed by atoms with Crippen molar-refractivity contribution in [3.05, 3.63) is 0 Å². The van der Waals surface area contributed by atoms with Crippen molar-refractivity contribution in [3.8, 4) is 0 Å². The Labute approximate surface area is 154 Å². The maximum absolute atomic E-state index is 11.9. The number of thioether (sulfide) groups is 1. The van der Waals surface area contributed by atoms with E-state index in [0.717, 1.165) is 44.6 Å². The predicted molar refractivity (Wildman–Crippen MR) is 99.8 cm³/mol. The summed E-state index contributed by atoms with van der Waals surface area (Å²) in [6.07, 6.45) is 6.03. The summed E-state index contributed by atoms with van der Waals surface area (Å²) in [5.74, 6) is 1.84. The third-order valence-electron chi connectivity index (χ3n) is 5.13. The molecule has 3 fully saturated rings. The van der Waals surface area contributed by atoms with Crippen LogP contribution >= 0.6 is 24.2 Å². The molecule has 0 aliphatic carbocycles. The Bertz CT molecular complexity index is 434. The highest BCUT2D eigenvalue weighted by Gasteiger charge is 2.42. The van der Waals surface area contributed by atoms with Crippen molar-refractivity contribution >= 4 is 36.1 Å². The van der Waals surface area contributed by atoms with Gasteiger partial charge in [-0.25, -0.2) is 4.79 Å². The van der Waals surface area contributed by atoms with Crippen LogP contribution in [0.5, 0.6) is 0 Å². The molecule has 6 nitrogen and oxygen atoms in total. The Kier molecular flexibility index (Phi) is 7.97. The molecule has 24 heavy (non-hydrogen) atoms. The summed E-state index contributed by atoms with van der Waals surface area (Å²) in [4.78, 5) is 23.2. The smallest absolute Gasteiger partial charge is 0.315 e. The minimum Gasteiger partial charge on any atom is -0.356 e. The Morgan fingerprint density at radius 2 is 2.00 bits per heavy atom. The van der Waals surface area contributed by atoms with Gasteiger partial charge < -0.3 is 21.3 Å². The van der Waals surface area contributed by atoms with Gasteiger partial charge in [0.15, 0.2) is 0 Å². The molecule has 3 aliphatic heterocycles. The zero-order valence-corrected chi connectivity index (χ0v) is 15.6. The van der Waals surface area contributed by atoms with Crippen LogP contribution < -0.4 is 21.3 Å². The Morgan fingerprint density at radius 3 is 2.79 bits per heavy atom. The van der Waals surface area contributed by atoms with Crippen molar-refractivity contribution in [1.29, 1.82) is 0 Å². The number of carbonyl (C=O) groups excluding carboxylic acids is 2. The minimum absolute atomic E-state index is 0. The van der Waals surface area contributed by atoms with E-state index in [2.05, 4.69) is 21.3 Å². The largest absolute Gasteiger partial charge is 0.356 e. The highest BCUT2D eigenvalue weighted by molar-refractivity contribution is 8.00. The van der Waals surface area contributed by atoms with Crippen LogP contribution in [0, 0.1) is 5.92 Å². The number of unbranched alkanes of at least 4 members (excludes halogenated alkanes) is 1. The molecule has 0 aromatic heterocycles. The summed E-state index contributed by atoms with van der Waals surface area (Å²) < 4.78 is 0. The van der Waals surface area contributed by atoms with Gasteiger partial charge in [-0.05, 0) is 44.7 Å². The molecule has 4 N–H and O–H groups in total. The summed E-state index contributed by atoms with van der Waals surface area (Å²) in [6, 6.07) is 0.551. The lowest BCUT2D eigenvalue weighted by Crippen LogP contribution is -2.37. The van der Waals surface area contributed by atoms with E-state index in [9.17, 15) is 9.59 Å². The van der Waals surface area contributed by atoms with Crippen LogP contribution in [-0.2, 0) is 4.79 Å². The molecule has 0 aromatic carbocycles. The molecule has 3 aliphatic rings. The maximum Gasteiger partial charge on any atom is 0.315 e. The van der Waals surface area contributed by atoms with Crippen molar-refractivity contribution in [3.63, 3.8) is 0 Å². The average molecular weight is 377 g/mol. The molecule has 0 spiro atoms. The van der Waals surface area contributed by atoms with Gasteiger partial charge in [-0.3, -0.25) is 4.79 Å². The van der Waals surface area contributed by atoms with Gasteiger partial charge in [0.05, 0.1) is 12.1 Å². The highest BCUT2D eigenvalue weighted by Crippen LogP contribution is 2.33. The van der Waals surface area contributed by atoms with Crippen LogP contribution in [0.3, 0.4) is 0 Å². The van der Waals surface area contributed by atoms with Crippen molar-refractivity contribution < 1.29 is 9.59 Å². The van der Waals surface area contributed by atoms with E-state index in [0.29, 0.717) is 23.6 Å². The van der Waals surface area contributed by atoms with Gasteiger partial charge >= 0.3 is 6.03 Å². The van der Waals surface area contributed by atoms with E-state index < -0.39 is 0 Å². The lowest BCUT2D eigenvalue weighted by molar-refractivity contribution is -0.121. The van der Waals surface area contributed by atoms with Crippen molar-refractivity contribution in [2.24, 2.45) is 5.92 Å². The van der Waals surface area contributed by atoms with E-state index in [1.807, 2.05) is 11.8 Å². The first-order valence-electron chi connectivity index (χ1n) is 8.88. The minimum atomic E-state index is -0.0254. The highest BCUT2D eigenvalue weighted by atomic mass is 35.5. The molecule has 3 amide bonds. The summed E-state index contributed by atoms with van der Waals surface area (Å²) in [5.41, 5.74) is 0. The van der Waals surface area contributed by atoms with Crippen LogP contribution in [-0.4, -0.2) is 54.7 Å². The molecule has 0 aromatic rings. The molecule has 3 atom stereocenters. The van der Waals surface area contributed by atoms with E-state index in [4.69, 9.17) is 0 Å². The number of fused-ring (bicyclic) bond motifs is 1. The fraction of sp³-hybridized carbons (Fsp3) is 0.875. The summed E-state index contributed by atoms with van der Waals surface area (Å²) in [5, 5.41) is 12.9. The standard InChI is InChI=1S/C16H28N4O2S.ClH/c21-14(18-9-11-5-7-17-8-6-11)4-2-1-3-13-15-12(10-23-13)19-16(22)20-15;/h11-13,15,17H,1-10H2,(H,18,21)(H2,19,20,22);1H/t12-,13-,15-;/m0./s1. The first kappa shape index (κ1) is 19.7. The number of halogens is 1. The van der Waals surface area contributed by atoms with Gasteiger partial charge in [0.1, 0.15) is 0 Å². The van der Waals surface area contributed by atoms with Crippen LogP contribution in [0.1, 0.15) is 38.5 Å². The SMILES string of the molecule is Cl.O=C(CCCC[C@@H]1SC[C@@H]2NC(=O)N[C@@H]21)NCC1CCNCC1. The molecule has 0 radical (unpaired) electrons. The number of hydrogen-bond donors (Lipinski definition) is 4. The maximum atomic E-state index is 11.9. The summed E-state index contributed by atoms with van der Waals surface area (Å²) in [6.45, 7) is 2.99. The second-order valence-corrected chi connectivity index (χ2v) is 8.14. The number of urea groups is 1. The molecule has 3 saturated heterocycles. The van der Waals surface area contributed by atoms with Crippen molar-refractivity contribution in [1.82, 2.24) is 21.3 Å². The average Bonchev–Trinajstić information content (AvgIpc) is 3.10. The van der Waals surface area contributed by atoms with Gasteiger partial charge in [0.2, 0.25) is 5.91 Å². The number of hydrogen-bond acceptors (Lipinski definition) is 4. The van der Waals surface area contributed by atoms with Crippen LogP contribution in [0.2, 0.25) is 0 Å². The third-order valence-corrected chi connectivity index (χ3v) is 6.64. The van der Waals surface area contributed by atoms with E-state index in [1.54, 1.807) is 0 Å². The quantitative estimate of drug-likeness (QED) is 0.398. The fourth-order valence-corrected chi connectivity index (χ4v) is 5.25. The number of carbonyl (C=O) groups is 2. The molecule has 3 heterocycles. The van der Waals surface area contributed by atoms with E-state index in [1.165, 1.54) is 12.8 Å². The first-order chi connectivity index (χ1) is 11.2. The van der Waals surface area contributed by atoms with Gasteiger partial charge in [-0.1, -0.05) is 6.42 Å². The van der Waals surface area contributed by atoms with Gasteiger partial charge in [-0.2, -0.15) is 11.8 Å². The van der Waals surface area contributed by atoms with Crippen molar-refractivity contribution in [2.45, 2.75) is 55.9 Å². The lowest BCUT2D eigenvalue weighted by atomic mass is 9.98. The zero-order valence-electron chi connectivity index (χ0n) is 14.0. The number of nitrogens with one attached hydrogen (secondary N) is 4. The second kappa shape index (κ2) is 9.73. The number of rotatable bonds is 7. The summed E-state index contributed by atoms with van der Waals surface area (Å²) >= 11 is 1.94.